The van der Waals surface area contributed by atoms with Gasteiger partial charge in [-0.3, -0.25) is 9.79 Å². The van der Waals surface area contributed by atoms with Crippen LogP contribution in [0.25, 0.3) is 16.5 Å². The van der Waals surface area contributed by atoms with E-state index in [1.807, 2.05) is 12.1 Å². The molecule has 0 spiro atoms. The molecular weight excluding hydrogens is 426 g/mol. The number of allylic oxidation sites excluding steroid dienone is 1. The summed E-state index contributed by atoms with van der Waals surface area (Å²) < 4.78 is 5.58. The van der Waals surface area contributed by atoms with Crippen molar-refractivity contribution in [3.63, 3.8) is 0 Å². The van der Waals surface area contributed by atoms with Gasteiger partial charge >= 0.3 is 0 Å². The largest absolute Gasteiger partial charge is 0.404 e. The second kappa shape index (κ2) is 8.15. The third-order valence-electron chi connectivity index (χ3n) is 6.94. The fourth-order valence-electron chi connectivity index (χ4n) is 5.17. The molecule has 0 bridgehead atoms. The van der Waals surface area contributed by atoms with E-state index in [0.717, 1.165) is 52.1 Å². The summed E-state index contributed by atoms with van der Waals surface area (Å²) in [5.41, 5.74) is 12.8. The van der Waals surface area contributed by atoms with Gasteiger partial charge < -0.3 is 20.4 Å². The zero-order valence-corrected chi connectivity index (χ0v) is 19.6. The maximum atomic E-state index is 13.9. The fraction of sp³-hybridized carbons (Fsp3) is 0.296. The van der Waals surface area contributed by atoms with Crippen molar-refractivity contribution in [3.8, 4) is 6.07 Å². The summed E-state index contributed by atoms with van der Waals surface area (Å²) in [7, 11) is 1.71. The number of aromatic nitrogens is 1. The van der Waals surface area contributed by atoms with E-state index in [-0.39, 0.29) is 5.78 Å². The number of hydrogen-bond acceptors (Lipinski definition) is 6. The molecule has 3 N–H and O–H groups in total. The molecule has 7 heteroatoms. The Labute approximate surface area is 198 Å². The van der Waals surface area contributed by atoms with Gasteiger partial charge in [0.05, 0.1) is 30.4 Å². The zero-order valence-electron chi connectivity index (χ0n) is 19.6. The highest BCUT2D eigenvalue weighted by atomic mass is 16.5. The lowest BCUT2D eigenvalue weighted by molar-refractivity contribution is 0.103. The number of hydrogen-bond donors (Lipinski definition) is 2. The average Bonchev–Trinajstić information content (AvgIpc) is 3.26. The van der Waals surface area contributed by atoms with E-state index in [0.29, 0.717) is 29.9 Å². The SMILES string of the molecule is CN=CC(=CN)c1cc2c(cc1N1CCOCC1)C(C)(C)c1[nH]c3cc(C#N)ccc3c1C2=O. The summed E-state index contributed by atoms with van der Waals surface area (Å²) in [5, 5.41) is 10.2. The highest BCUT2D eigenvalue weighted by molar-refractivity contribution is 6.21. The molecule has 2 aromatic carbocycles. The molecule has 2 heterocycles. The quantitative estimate of drug-likeness (QED) is 0.588. The van der Waals surface area contributed by atoms with E-state index in [9.17, 15) is 10.1 Å². The van der Waals surface area contributed by atoms with E-state index in [1.165, 1.54) is 6.20 Å². The second-order valence-electron chi connectivity index (χ2n) is 9.22. The highest BCUT2D eigenvalue weighted by Crippen LogP contribution is 2.46. The summed E-state index contributed by atoms with van der Waals surface area (Å²) in [6.07, 6.45) is 3.27. The van der Waals surface area contributed by atoms with Crippen LogP contribution in [-0.4, -0.2) is 50.3 Å². The summed E-state index contributed by atoms with van der Waals surface area (Å²) >= 11 is 0. The number of nitrogens with zero attached hydrogens (tertiary/aromatic N) is 3. The first-order chi connectivity index (χ1) is 16.4. The van der Waals surface area contributed by atoms with Gasteiger partial charge in [-0.25, -0.2) is 0 Å². The van der Waals surface area contributed by atoms with Crippen molar-refractivity contribution in [3.05, 3.63) is 70.0 Å². The summed E-state index contributed by atoms with van der Waals surface area (Å²) in [5.74, 6) is -0.0279. The minimum Gasteiger partial charge on any atom is -0.404 e. The van der Waals surface area contributed by atoms with Crippen molar-refractivity contribution in [1.82, 2.24) is 4.98 Å². The maximum Gasteiger partial charge on any atom is 0.195 e. The Morgan fingerprint density at radius 1 is 1.26 bits per heavy atom. The van der Waals surface area contributed by atoms with Crippen LogP contribution in [0.3, 0.4) is 0 Å². The second-order valence-corrected chi connectivity index (χ2v) is 9.22. The molecule has 34 heavy (non-hydrogen) atoms. The van der Waals surface area contributed by atoms with Crippen LogP contribution in [0.1, 0.15) is 52.2 Å². The summed E-state index contributed by atoms with van der Waals surface area (Å²) in [4.78, 5) is 23.9. The normalized spacial score (nSPS) is 17.6. The zero-order chi connectivity index (χ0) is 24.0. The predicted octanol–water partition coefficient (Wildman–Crippen LogP) is 3.75. The number of nitrogens with one attached hydrogen (secondary N) is 1. The van der Waals surface area contributed by atoms with E-state index in [4.69, 9.17) is 10.5 Å². The van der Waals surface area contributed by atoms with Crippen molar-refractivity contribution in [2.45, 2.75) is 19.3 Å². The van der Waals surface area contributed by atoms with Gasteiger partial charge in [-0.2, -0.15) is 5.26 Å². The van der Waals surface area contributed by atoms with E-state index in [2.05, 4.69) is 40.9 Å². The van der Waals surface area contributed by atoms with Crippen molar-refractivity contribution >= 4 is 34.2 Å². The van der Waals surface area contributed by atoms with Crippen LogP contribution in [0.5, 0.6) is 0 Å². The molecule has 1 aromatic heterocycles. The molecule has 3 aromatic rings. The standard InChI is InChI=1S/C27H27N5O2/c1-27(2)21-12-23(32-6-8-34-9-7-32)19(17(14-29)15-30-3)11-20(21)25(33)24-18-5-4-16(13-28)10-22(18)31-26(24)27/h4-5,10-12,14-15,31H,6-9,29H2,1-3H3. The van der Waals surface area contributed by atoms with Gasteiger partial charge in [0.15, 0.2) is 5.78 Å². The lowest BCUT2D eigenvalue weighted by atomic mass is 9.70. The molecule has 0 radical (unpaired) electrons. The number of ketones is 1. The minimum atomic E-state index is -0.449. The average molecular weight is 454 g/mol. The number of anilines is 1. The Hall–Kier alpha value is -3.89. The number of fused-ring (bicyclic) bond motifs is 4. The lowest BCUT2D eigenvalue weighted by Crippen LogP contribution is -2.38. The van der Waals surface area contributed by atoms with Gasteiger partial charge in [-0.1, -0.05) is 19.9 Å². The monoisotopic (exact) mass is 453 g/mol. The van der Waals surface area contributed by atoms with Crippen molar-refractivity contribution in [1.29, 1.82) is 5.26 Å². The first-order valence-electron chi connectivity index (χ1n) is 11.4. The van der Waals surface area contributed by atoms with Gasteiger partial charge in [0.2, 0.25) is 0 Å². The van der Waals surface area contributed by atoms with Gasteiger partial charge in [-0.15, -0.1) is 0 Å². The van der Waals surface area contributed by atoms with Crippen LogP contribution < -0.4 is 10.6 Å². The number of carbonyl (C=O) groups excluding carboxylic acids is 1. The Kier molecular flexibility index (Phi) is 5.26. The summed E-state index contributed by atoms with van der Waals surface area (Å²) in [6, 6.07) is 11.7. The molecule has 0 unspecified atom stereocenters. The molecule has 1 fully saturated rings. The van der Waals surface area contributed by atoms with Crippen LogP contribution in [0.15, 0.2) is 41.5 Å². The molecule has 0 saturated carbocycles. The molecular formula is C27H27N5O2. The number of morpholine rings is 1. The maximum absolute atomic E-state index is 13.9. The van der Waals surface area contributed by atoms with E-state index >= 15 is 0 Å². The molecule has 5 rings (SSSR count). The molecule has 2 aliphatic rings. The number of aliphatic imine (C=N–C) groups is 1. The number of nitrogens with two attached hydrogens (primary N) is 1. The highest BCUT2D eigenvalue weighted by Gasteiger charge is 2.40. The topological polar surface area (TPSA) is 107 Å². The molecule has 0 amide bonds. The van der Waals surface area contributed by atoms with Gasteiger partial charge in [0, 0.05) is 77.0 Å². The first kappa shape index (κ1) is 21.9. The van der Waals surface area contributed by atoms with E-state index in [1.54, 1.807) is 25.4 Å². The fourth-order valence-corrected chi connectivity index (χ4v) is 5.17. The van der Waals surface area contributed by atoms with Gasteiger partial charge in [0.1, 0.15) is 0 Å². The van der Waals surface area contributed by atoms with Crippen LogP contribution in [0.2, 0.25) is 0 Å². The number of H-pyrrole nitrogens is 1. The molecule has 1 saturated heterocycles. The van der Waals surface area contributed by atoms with Gasteiger partial charge in [-0.05, 0) is 29.8 Å². The lowest BCUT2D eigenvalue weighted by Gasteiger charge is -2.36. The number of rotatable bonds is 3. The Bertz CT molecular complexity index is 1420. The first-order valence-corrected chi connectivity index (χ1v) is 11.4. The van der Waals surface area contributed by atoms with Gasteiger partial charge in [0.25, 0.3) is 0 Å². The number of carbonyl (C=O) groups is 1. The summed E-state index contributed by atoms with van der Waals surface area (Å²) in [6.45, 7) is 7.08. The third-order valence-corrected chi connectivity index (χ3v) is 6.94. The molecule has 1 aliphatic heterocycles. The Balaban J connectivity index is 1.78. The Morgan fingerprint density at radius 2 is 2.03 bits per heavy atom. The van der Waals surface area contributed by atoms with Crippen LogP contribution in [0.4, 0.5) is 5.69 Å². The third kappa shape index (κ3) is 3.22. The van der Waals surface area contributed by atoms with E-state index < -0.39 is 5.41 Å². The number of nitriles is 1. The Morgan fingerprint density at radius 3 is 2.71 bits per heavy atom. The van der Waals surface area contributed by atoms with Crippen LogP contribution in [-0.2, 0) is 10.2 Å². The smallest absolute Gasteiger partial charge is 0.195 e. The minimum absolute atomic E-state index is 0.0279. The molecule has 0 atom stereocenters. The van der Waals surface area contributed by atoms with Crippen molar-refractivity contribution in [2.24, 2.45) is 10.7 Å². The molecule has 1 aliphatic carbocycles. The van der Waals surface area contributed by atoms with Crippen molar-refractivity contribution < 1.29 is 9.53 Å². The number of ether oxygens (including phenoxy) is 1. The van der Waals surface area contributed by atoms with Crippen LogP contribution >= 0.6 is 0 Å². The predicted molar refractivity (Wildman–Crippen MR) is 135 cm³/mol. The molecule has 172 valence electrons. The molecule has 7 nitrogen and oxygen atoms in total. The van der Waals surface area contributed by atoms with Crippen LogP contribution in [0, 0.1) is 11.3 Å². The van der Waals surface area contributed by atoms with Crippen molar-refractivity contribution in [2.75, 3.05) is 38.3 Å². The number of benzene rings is 2. The number of aromatic amines is 1.